The zero-order valence-electron chi connectivity index (χ0n) is 13.2. The highest BCUT2D eigenvalue weighted by atomic mass is 79.9. The minimum Gasteiger partial charge on any atom is -0.399 e. The van der Waals surface area contributed by atoms with Crippen molar-refractivity contribution in [1.29, 1.82) is 0 Å². The van der Waals surface area contributed by atoms with Crippen molar-refractivity contribution in [3.8, 4) is 11.4 Å². The summed E-state index contributed by atoms with van der Waals surface area (Å²) < 4.78 is 2.82. The second kappa shape index (κ2) is 5.40. The number of nitrogen functional groups attached to an aromatic ring is 1. The van der Waals surface area contributed by atoms with Gasteiger partial charge in [0.25, 0.3) is 0 Å². The van der Waals surface area contributed by atoms with Crippen LogP contribution in [0.25, 0.3) is 11.4 Å². The monoisotopic (exact) mass is 351 g/mol. The maximum atomic E-state index is 5.90. The summed E-state index contributed by atoms with van der Waals surface area (Å²) in [4.78, 5) is 0. The minimum atomic E-state index is -0.193. The standard InChI is InChI=1S/C15H22BrN5/c1-14(2,3)9-15(4,5)21-13(18-19-20-21)11-8-10(17)6-7-12(11)16/h6-8H,9,17H2,1-5H3. The molecule has 0 fully saturated rings. The fourth-order valence-corrected chi connectivity index (χ4v) is 3.27. The first kappa shape index (κ1) is 15.9. The molecule has 2 aromatic rings. The van der Waals surface area contributed by atoms with Gasteiger partial charge in [0.2, 0.25) is 0 Å². The molecule has 0 radical (unpaired) electrons. The van der Waals surface area contributed by atoms with E-state index in [9.17, 15) is 0 Å². The van der Waals surface area contributed by atoms with Gasteiger partial charge >= 0.3 is 0 Å². The number of nitrogens with two attached hydrogens (primary N) is 1. The molecule has 0 bridgehead atoms. The van der Waals surface area contributed by atoms with Crippen LogP contribution < -0.4 is 5.73 Å². The van der Waals surface area contributed by atoms with Crippen LogP contribution in [0, 0.1) is 5.41 Å². The van der Waals surface area contributed by atoms with Gasteiger partial charge in [-0.1, -0.05) is 36.7 Å². The highest BCUT2D eigenvalue weighted by Gasteiger charge is 2.31. The summed E-state index contributed by atoms with van der Waals surface area (Å²) >= 11 is 3.55. The van der Waals surface area contributed by atoms with E-state index in [1.165, 1.54) is 0 Å². The predicted molar refractivity (Wildman–Crippen MR) is 88.8 cm³/mol. The molecule has 0 unspecified atom stereocenters. The molecule has 0 spiro atoms. The van der Waals surface area contributed by atoms with Crippen LogP contribution in [-0.2, 0) is 5.54 Å². The van der Waals surface area contributed by atoms with Crippen LogP contribution in [-0.4, -0.2) is 20.2 Å². The van der Waals surface area contributed by atoms with Crippen LogP contribution in [0.15, 0.2) is 22.7 Å². The lowest BCUT2D eigenvalue weighted by Crippen LogP contribution is -2.33. The molecule has 0 saturated heterocycles. The largest absolute Gasteiger partial charge is 0.399 e. The highest BCUT2D eigenvalue weighted by molar-refractivity contribution is 9.10. The van der Waals surface area contributed by atoms with Gasteiger partial charge in [0.05, 0.1) is 5.54 Å². The van der Waals surface area contributed by atoms with Crippen LogP contribution in [0.2, 0.25) is 0 Å². The predicted octanol–water partition coefficient (Wildman–Crippen LogP) is 3.86. The number of hydrogen-bond acceptors (Lipinski definition) is 4. The van der Waals surface area contributed by atoms with Gasteiger partial charge in [0.1, 0.15) is 0 Å². The van der Waals surface area contributed by atoms with E-state index in [-0.39, 0.29) is 11.0 Å². The summed E-state index contributed by atoms with van der Waals surface area (Å²) in [5.41, 5.74) is 7.48. The number of hydrogen-bond donors (Lipinski definition) is 1. The number of rotatable bonds is 3. The third-order valence-electron chi connectivity index (χ3n) is 3.24. The number of tetrazole rings is 1. The van der Waals surface area contributed by atoms with Crippen molar-refractivity contribution < 1.29 is 0 Å². The van der Waals surface area contributed by atoms with Crippen molar-refractivity contribution in [2.24, 2.45) is 5.41 Å². The van der Waals surface area contributed by atoms with Crippen molar-refractivity contribution in [3.05, 3.63) is 22.7 Å². The Morgan fingerprint density at radius 3 is 2.48 bits per heavy atom. The van der Waals surface area contributed by atoms with E-state index < -0.39 is 0 Å². The minimum absolute atomic E-state index is 0.180. The molecule has 21 heavy (non-hydrogen) atoms. The third kappa shape index (κ3) is 3.61. The number of halogens is 1. The van der Waals surface area contributed by atoms with Crippen molar-refractivity contribution >= 4 is 21.6 Å². The van der Waals surface area contributed by atoms with Gasteiger partial charge in [-0.25, -0.2) is 4.68 Å². The number of benzene rings is 1. The Labute approximate surface area is 134 Å². The summed E-state index contributed by atoms with van der Waals surface area (Å²) in [6.07, 6.45) is 0.956. The average Bonchev–Trinajstić information content (AvgIpc) is 2.79. The lowest BCUT2D eigenvalue weighted by Gasteiger charge is -2.32. The summed E-state index contributed by atoms with van der Waals surface area (Å²) in [5, 5.41) is 12.3. The Kier molecular flexibility index (Phi) is 4.10. The molecule has 0 aliphatic rings. The Hall–Kier alpha value is -1.43. The highest BCUT2D eigenvalue weighted by Crippen LogP contribution is 2.36. The van der Waals surface area contributed by atoms with E-state index in [0.29, 0.717) is 5.69 Å². The third-order valence-corrected chi connectivity index (χ3v) is 3.93. The van der Waals surface area contributed by atoms with E-state index in [1.54, 1.807) is 0 Å². The molecule has 0 saturated carbocycles. The van der Waals surface area contributed by atoms with Gasteiger partial charge in [-0.2, -0.15) is 0 Å². The average molecular weight is 352 g/mol. The van der Waals surface area contributed by atoms with Crippen molar-refractivity contribution in [2.75, 3.05) is 5.73 Å². The van der Waals surface area contributed by atoms with E-state index in [1.807, 2.05) is 22.9 Å². The molecule has 0 aliphatic carbocycles. The summed E-state index contributed by atoms with van der Waals surface area (Å²) in [6, 6.07) is 5.65. The molecule has 2 N–H and O–H groups in total. The van der Waals surface area contributed by atoms with E-state index in [2.05, 4.69) is 66.1 Å². The van der Waals surface area contributed by atoms with Crippen LogP contribution in [0.1, 0.15) is 41.0 Å². The van der Waals surface area contributed by atoms with Crippen LogP contribution in [0.4, 0.5) is 5.69 Å². The molecular weight excluding hydrogens is 330 g/mol. The zero-order chi connectivity index (χ0) is 15.8. The SMILES string of the molecule is CC(C)(C)CC(C)(C)n1nnnc1-c1cc(N)ccc1Br. The zero-order valence-corrected chi connectivity index (χ0v) is 14.8. The number of anilines is 1. The fourth-order valence-electron chi connectivity index (χ4n) is 2.85. The van der Waals surface area contributed by atoms with Gasteiger partial charge in [-0.3, -0.25) is 0 Å². The van der Waals surface area contributed by atoms with Gasteiger partial charge in [-0.15, -0.1) is 5.10 Å². The van der Waals surface area contributed by atoms with E-state index >= 15 is 0 Å². The Bertz CT molecular complexity index is 640. The summed E-state index contributed by atoms with van der Waals surface area (Å²) in [6.45, 7) is 11.0. The molecule has 1 heterocycles. The molecule has 6 heteroatoms. The molecule has 0 amide bonds. The summed E-state index contributed by atoms with van der Waals surface area (Å²) in [5.74, 6) is 0.725. The summed E-state index contributed by atoms with van der Waals surface area (Å²) in [7, 11) is 0. The normalized spacial score (nSPS) is 12.7. The van der Waals surface area contributed by atoms with Crippen LogP contribution in [0.3, 0.4) is 0 Å². The van der Waals surface area contributed by atoms with Crippen molar-refractivity contribution in [2.45, 2.75) is 46.6 Å². The smallest absolute Gasteiger partial charge is 0.183 e. The van der Waals surface area contributed by atoms with Crippen molar-refractivity contribution in [1.82, 2.24) is 20.2 Å². The van der Waals surface area contributed by atoms with E-state index in [4.69, 9.17) is 5.73 Å². The molecule has 0 aliphatic heterocycles. The lowest BCUT2D eigenvalue weighted by atomic mass is 9.82. The Balaban J connectivity index is 2.50. The first-order valence-electron chi connectivity index (χ1n) is 6.94. The van der Waals surface area contributed by atoms with Crippen LogP contribution in [0.5, 0.6) is 0 Å². The lowest BCUT2D eigenvalue weighted by molar-refractivity contribution is 0.197. The van der Waals surface area contributed by atoms with Crippen LogP contribution >= 0.6 is 15.9 Å². The van der Waals surface area contributed by atoms with Gasteiger partial charge < -0.3 is 5.73 Å². The van der Waals surface area contributed by atoms with Crippen molar-refractivity contribution in [3.63, 3.8) is 0 Å². The van der Waals surface area contributed by atoms with Gasteiger partial charge in [0, 0.05) is 15.7 Å². The maximum absolute atomic E-state index is 5.90. The van der Waals surface area contributed by atoms with Gasteiger partial charge in [0.15, 0.2) is 5.82 Å². The maximum Gasteiger partial charge on any atom is 0.183 e. The Morgan fingerprint density at radius 2 is 1.86 bits per heavy atom. The molecule has 2 rings (SSSR count). The Morgan fingerprint density at radius 1 is 1.19 bits per heavy atom. The topological polar surface area (TPSA) is 69.6 Å². The molecule has 1 aromatic carbocycles. The molecule has 0 atom stereocenters. The fraction of sp³-hybridized carbons (Fsp3) is 0.533. The first-order chi connectivity index (χ1) is 9.60. The van der Waals surface area contributed by atoms with E-state index in [0.717, 1.165) is 22.3 Å². The molecular formula is C15H22BrN5. The first-order valence-corrected chi connectivity index (χ1v) is 7.74. The quantitative estimate of drug-likeness (QED) is 0.852. The second-order valence-corrected chi connectivity index (χ2v) is 8.06. The van der Waals surface area contributed by atoms with Gasteiger partial charge in [-0.05, 0) is 54.3 Å². The molecule has 5 nitrogen and oxygen atoms in total. The molecule has 114 valence electrons. The number of nitrogens with zero attached hydrogens (tertiary/aromatic N) is 4. The number of aromatic nitrogens is 4. The molecule has 1 aromatic heterocycles. The second-order valence-electron chi connectivity index (χ2n) is 7.20.